The average Bonchev–Trinajstić information content (AvgIpc) is 2.77. The molecule has 0 amide bonds. The number of benzene rings is 1. The molecule has 0 saturated carbocycles. The molecule has 1 aliphatic rings. The minimum absolute atomic E-state index is 0.269. The third-order valence-corrected chi connectivity index (χ3v) is 6.13. The van der Waals surface area contributed by atoms with E-state index in [4.69, 9.17) is 0 Å². The maximum atomic E-state index is 12.6. The van der Waals surface area contributed by atoms with Crippen molar-refractivity contribution in [2.45, 2.75) is 51.0 Å². The van der Waals surface area contributed by atoms with Crippen molar-refractivity contribution in [2.24, 2.45) is 7.05 Å². The summed E-state index contributed by atoms with van der Waals surface area (Å²) < 4.78 is 29.7. The molecule has 0 spiro atoms. The fourth-order valence-electron chi connectivity index (χ4n) is 3.20. The van der Waals surface area contributed by atoms with Gasteiger partial charge >= 0.3 is 0 Å². The summed E-state index contributed by atoms with van der Waals surface area (Å²) in [6.07, 6.45) is 4.35. The van der Waals surface area contributed by atoms with Crippen molar-refractivity contribution in [3.05, 3.63) is 46.3 Å². The maximum Gasteiger partial charge on any atom is 0.240 e. The largest absolute Gasteiger partial charge is 0.272 e. The van der Waals surface area contributed by atoms with E-state index in [0.29, 0.717) is 4.90 Å². The average molecular weight is 333 g/mol. The van der Waals surface area contributed by atoms with E-state index in [2.05, 4.69) is 9.82 Å². The van der Waals surface area contributed by atoms with Gasteiger partial charge in [0, 0.05) is 24.8 Å². The van der Waals surface area contributed by atoms with Crippen LogP contribution in [0.15, 0.2) is 23.1 Å². The van der Waals surface area contributed by atoms with Crippen LogP contribution < -0.4 is 4.72 Å². The van der Waals surface area contributed by atoms with E-state index in [0.717, 1.165) is 36.2 Å². The second-order valence-electron chi connectivity index (χ2n) is 6.24. The summed E-state index contributed by atoms with van der Waals surface area (Å²) in [6, 6.07) is 5.51. The molecule has 0 bridgehead atoms. The van der Waals surface area contributed by atoms with Crippen LogP contribution in [0.4, 0.5) is 0 Å². The van der Waals surface area contributed by atoms with Crippen LogP contribution in [0.3, 0.4) is 0 Å². The van der Waals surface area contributed by atoms with Gasteiger partial charge in [-0.15, -0.1) is 0 Å². The van der Waals surface area contributed by atoms with Gasteiger partial charge in [-0.3, -0.25) is 4.68 Å². The molecule has 6 heteroatoms. The van der Waals surface area contributed by atoms with Crippen molar-refractivity contribution in [3.63, 3.8) is 0 Å². The predicted octanol–water partition coefficient (Wildman–Crippen LogP) is 2.39. The Labute approximate surface area is 137 Å². The molecular formula is C17H23N3O2S. The molecule has 1 aliphatic carbocycles. The molecule has 124 valence electrons. The third kappa shape index (κ3) is 3.19. The van der Waals surface area contributed by atoms with Crippen LogP contribution in [0.5, 0.6) is 0 Å². The summed E-state index contributed by atoms with van der Waals surface area (Å²) >= 11 is 0. The third-order valence-electron chi connectivity index (χ3n) is 4.73. The normalized spacial score (nSPS) is 14.7. The van der Waals surface area contributed by atoms with Crippen LogP contribution in [-0.4, -0.2) is 18.2 Å². The standard InChI is InChI=1S/C17H23N3O2S/c1-12-17(13(2)20(3)19-12)11-18-23(21,22)16-9-8-14-6-4-5-7-15(14)10-16/h8-10,18H,4-7,11H2,1-3H3. The molecule has 0 radical (unpaired) electrons. The first-order valence-electron chi connectivity index (χ1n) is 7.99. The summed E-state index contributed by atoms with van der Waals surface area (Å²) in [4.78, 5) is 0.359. The van der Waals surface area contributed by atoms with Gasteiger partial charge in [0.05, 0.1) is 10.6 Å². The van der Waals surface area contributed by atoms with Gasteiger partial charge in [-0.2, -0.15) is 5.10 Å². The fraction of sp³-hybridized carbons (Fsp3) is 0.471. The molecule has 3 rings (SSSR count). The number of fused-ring (bicyclic) bond motifs is 1. The zero-order valence-electron chi connectivity index (χ0n) is 13.9. The minimum atomic E-state index is -3.50. The lowest BCUT2D eigenvalue weighted by Gasteiger charge is -2.16. The summed E-state index contributed by atoms with van der Waals surface area (Å²) in [5, 5.41) is 4.32. The van der Waals surface area contributed by atoms with E-state index in [1.54, 1.807) is 10.7 Å². The topological polar surface area (TPSA) is 64.0 Å². The van der Waals surface area contributed by atoms with Gasteiger partial charge in [0.1, 0.15) is 0 Å². The van der Waals surface area contributed by atoms with Crippen LogP contribution in [0.25, 0.3) is 0 Å². The van der Waals surface area contributed by atoms with Gasteiger partial charge < -0.3 is 0 Å². The second kappa shape index (κ2) is 6.09. The number of hydrogen-bond acceptors (Lipinski definition) is 3. The van der Waals surface area contributed by atoms with E-state index < -0.39 is 10.0 Å². The van der Waals surface area contributed by atoms with Crippen molar-refractivity contribution in [1.29, 1.82) is 0 Å². The molecule has 0 unspecified atom stereocenters. The van der Waals surface area contributed by atoms with Crippen LogP contribution in [0.2, 0.25) is 0 Å². The number of hydrogen-bond donors (Lipinski definition) is 1. The molecular weight excluding hydrogens is 310 g/mol. The molecule has 5 nitrogen and oxygen atoms in total. The number of aromatic nitrogens is 2. The highest BCUT2D eigenvalue weighted by Crippen LogP contribution is 2.24. The lowest BCUT2D eigenvalue weighted by atomic mass is 9.92. The lowest BCUT2D eigenvalue weighted by molar-refractivity contribution is 0.580. The van der Waals surface area contributed by atoms with Crippen molar-refractivity contribution in [1.82, 2.24) is 14.5 Å². The van der Waals surface area contributed by atoms with E-state index in [9.17, 15) is 8.42 Å². The molecule has 1 N–H and O–H groups in total. The second-order valence-corrected chi connectivity index (χ2v) is 8.00. The molecule has 0 aliphatic heterocycles. The van der Waals surface area contributed by atoms with Gasteiger partial charge in [0.15, 0.2) is 0 Å². The van der Waals surface area contributed by atoms with E-state index in [-0.39, 0.29) is 6.54 Å². The Hall–Kier alpha value is -1.66. The highest BCUT2D eigenvalue weighted by Gasteiger charge is 2.19. The molecule has 23 heavy (non-hydrogen) atoms. The number of sulfonamides is 1. The number of nitrogens with zero attached hydrogens (tertiary/aromatic N) is 2. The summed E-state index contributed by atoms with van der Waals surface area (Å²) in [6.45, 7) is 4.11. The van der Waals surface area contributed by atoms with Crippen molar-refractivity contribution in [3.8, 4) is 0 Å². The first-order chi connectivity index (χ1) is 10.9. The van der Waals surface area contributed by atoms with Crippen LogP contribution >= 0.6 is 0 Å². The van der Waals surface area contributed by atoms with Crippen molar-refractivity contribution in [2.75, 3.05) is 0 Å². The Balaban J connectivity index is 1.82. The monoisotopic (exact) mass is 333 g/mol. The quantitative estimate of drug-likeness (QED) is 0.934. The summed E-state index contributed by atoms with van der Waals surface area (Å²) in [5.74, 6) is 0. The highest BCUT2D eigenvalue weighted by molar-refractivity contribution is 7.89. The van der Waals surface area contributed by atoms with Gasteiger partial charge in [-0.25, -0.2) is 13.1 Å². The van der Waals surface area contributed by atoms with Crippen molar-refractivity contribution >= 4 is 10.0 Å². The predicted molar refractivity (Wildman–Crippen MR) is 89.8 cm³/mol. The summed E-state index contributed by atoms with van der Waals surface area (Å²) in [5.41, 5.74) is 5.24. The molecule has 1 aromatic carbocycles. The fourth-order valence-corrected chi connectivity index (χ4v) is 4.25. The zero-order chi connectivity index (χ0) is 16.6. The first-order valence-corrected chi connectivity index (χ1v) is 9.47. The Kier molecular flexibility index (Phi) is 4.29. The molecule has 0 saturated heterocycles. The Bertz CT molecular complexity index is 838. The maximum absolute atomic E-state index is 12.6. The lowest BCUT2D eigenvalue weighted by Crippen LogP contribution is -2.24. The Morgan fingerprint density at radius 1 is 1.17 bits per heavy atom. The van der Waals surface area contributed by atoms with E-state index >= 15 is 0 Å². The van der Waals surface area contributed by atoms with Gasteiger partial charge in [-0.1, -0.05) is 6.07 Å². The van der Waals surface area contributed by atoms with E-state index in [1.165, 1.54) is 17.5 Å². The summed E-state index contributed by atoms with van der Waals surface area (Å²) in [7, 11) is -1.64. The van der Waals surface area contributed by atoms with Crippen LogP contribution in [0.1, 0.15) is 40.9 Å². The Morgan fingerprint density at radius 3 is 2.52 bits per heavy atom. The van der Waals surface area contributed by atoms with Crippen molar-refractivity contribution < 1.29 is 8.42 Å². The number of nitrogens with one attached hydrogen (secondary N) is 1. The zero-order valence-corrected chi connectivity index (χ0v) is 14.7. The molecule has 0 atom stereocenters. The first kappa shape index (κ1) is 16.2. The Morgan fingerprint density at radius 2 is 1.87 bits per heavy atom. The van der Waals surface area contributed by atoms with Gasteiger partial charge in [0.25, 0.3) is 0 Å². The molecule has 1 aromatic heterocycles. The number of aryl methyl sites for hydroxylation is 4. The minimum Gasteiger partial charge on any atom is -0.272 e. The van der Waals surface area contributed by atoms with Gasteiger partial charge in [-0.05, 0) is 62.8 Å². The number of rotatable bonds is 4. The van der Waals surface area contributed by atoms with E-state index in [1.807, 2.05) is 33.0 Å². The van der Waals surface area contributed by atoms with Crippen LogP contribution in [-0.2, 0) is 36.5 Å². The highest BCUT2D eigenvalue weighted by atomic mass is 32.2. The van der Waals surface area contributed by atoms with Gasteiger partial charge in [0.2, 0.25) is 10.0 Å². The van der Waals surface area contributed by atoms with Crippen LogP contribution in [0, 0.1) is 13.8 Å². The molecule has 0 fully saturated rings. The molecule has 2 aromatic rings. The molecule has 1 heterocycles. The smallest absolute Gasteiger partial charge is 0.240 e. The SMILES string of the molecule is Cc1nn(C)c(C)c1CNS(=O)(=O)c1ccc2c(c1)CCCC2.